The van der Waals surface area contributed by atoms with Crippen molar-refractivity contribution < 1.29 is 4.39 Å². The van der Waals surface area contributed by atoms with Crippen LogP contribution >= 0.6 is 15.9 Å². The summed E-state index contributed by atoms with van der Waals surface area (Å²) in [5, 5.41) is 1.02. The first-order chi connectivity index (χ1) is 7.81. The molecule has 1 atom stereocenters. The fourth-order valence-corrected chi connectivity index (χ4v) is 2.90. The molecule has 0 N–H and O–H groups in total. The van der Waals surface area contributed by atoms with Crippen molar-refractivity contribution in [1.29, 1.82) is 0 Å². The second-order valence-corrected chi connectivity index (χ2v) is 5.03. The summed E-state index contributed by atoms with van der Waals surface area (Å²) in [5.74, 6) is 0.971. The van der Waals surface area contributed by atoms with Gasteiger partial charge in [0.1, 0.15) is 0 Å². The van der Waals surface area contributed by atoms with Gasteiger partial charge < -0.3 is 4.90 Å². The van der Waals surface area contributed by atoms with Crippen molar-refractivity contribution in [3.05, 3.63) is 24.1 Å². The minimum Gasteiger partial charge on any atom is -0.354 e. The highest BCUT2D eigenvalue weighted by Crippen LogP contribution is 2.25. The molecule has 1 unspecified atom stereocenters. The quantitative estimate of drug-likeness (QED) is 0.793. The normalized spacial score (nSPS) is 21.1. The molecule has 1 aromatic heterocycles. The first-order valence-corrected chi connectivity index (χ1v) is 6.85. The molecule has 4 heteroatoms. The molecule has 0 spiro atoms. The van der Waals surface area contributed by atoms with Crippen molar-refractivity contribution in [2.24, 2.45) is 5.92 Å². The number of nitrogens with zero attached hydrogens (tertiary/aromatic N) is 2. The van der Waals surface area contributed by atoms with E-state index in [1.807, 2.05) is 0 Å². The highest BCUT2D eigenvalue weighted by Gasteiger charge is 2.22. The van der Waals surface area contributed by atoms with E-state index in [2.05, 4.69) is 25.8 Å². The van der Waals surface area contributed by atoms with Gasteiger partial charge >= 0.3 is 0 Å². The van der Waals surface area contributed by atoms with Crippen LogP contribution in [0.4, 0.5) is 10.2 Å². The van der Waals surface area contributed by atoms with Gasteiger partial charge in [-0.1, -0.05) is 15.9 Å². The average Bonchev–Trinajstić information content (AvgIpc) is 2.30. The van der Waals surface area contributed by atoms with E-state index in [9.17, 15) is 4.39 Å². The van der Waals surface area contributed by atoms with E-state index in [1.54, 1.807) is 12.3 Å². The van der Waals surface area contributed by atoms with Gasteiger partial charge in [-0.05, 0) is 37.3 Å². The Morgan fingerprint density at radius 2 is 2.44 bits per heavy atom. The molecule has 0 aromatic carbocycles. The van der Waals surface area contributed by atoms with Crippen molar-refractivity contribution in [3.8, 4) is 0 Å². The second-order valence-electron chi connectivity index (χ2n) is 4.24. The Labute approximate surface area is 104 Å². The van der Waals surface area contributed by atoms with Gasteiger partial charge in [0.15, 0.2) is 11.6 Å². The van der Waals surface area contributed by atoms with Crippen LogP contribution in [0, 0.1) is 11.7 Å². The summed E-state index contributed by atoms with van der Waals surface area (Å²) < 4.78 is 13.6. The fraction of sp³-hybridized carbons (Fsp3) is 0.583. The van der Waals surface area contributed by atoms with Gasteiger partial charge in [0.05, 0.1) is 0 Å². The van der Waals surface area contributed by atoms with Crippen molar-refractivity contribution in [2.45, 2.75) is 19.3 Å². The van der Waals surface area contributed by atoms with Crippen molar-refractivity contribution in [3.63, 3.8) is 0 Å². The Morgan fingerprint density at radius 3 is 3.19 bits per heavy atom. The summed E-state index contributed by atoms with van der Waals surface area (Å²) >= 11 is 3.47. The summed E-state index contributed by atoms with van der Waals surface area (Å²) in [4.78, 5) is 6.21. The van der Waals surface area contributed by atoms with Crippen LogP contribution in [0.3, 0.4) is 0 Å². The van der Waals surface area contributed by atoms with Crippen LogP contribution in [0.2, 0.25) is 0 Å². The Bertz CT molecular complexity index is 344. The van der Waals surface area contributed by atoms with Crippen LogP contribution in [-0.4, -0.2) is 23.4 Å². The molecule has 2 heterocycles. The third-order valence-corrected chi connectivity index (χ3v) is 3.53. The molecule has 1 fully saturated rings. The Morgan fingerprint density at radius 1 is 1.56 bits per heavy atom. The summed E-state index contributed by atoms with van der Waals surface area (Å²) in [5.41, 5.74) is 0. The van der Waals surface area contributed by atoms with E-state index in [-0.39, 0.29) is 5.82 Å². The first-order valence-electron chi connectivity index (χ1n) is 5.72. The number of halogens is 2. The Kier molecular flexibility index (Phi) is 4.16. The number of piperidine rings is 1. The van der Waals surface area contributed by atoms with Gasteiger partial charge in [-0.25, -0.2) is 9.37 Å². The minimum atomic E-state index is -0.206. The smallest absolute Gasteiger partial charge is 0.165 e. The van der Waals surface area contributed by atoms with Gasteiger partial charge in [0.25, 0.3) is 0 Å². The van der Waals surface area contributed by atoms with Crippen molar-refractivity contribution in [1.82, 2.24) is 4.98 Å². The monoisotopic (exact) mass is 286 g/mol. The lowest BCUT2D eigenvalue weighted by Gasteiger charge is -2.33. The first kappa shape index (κ1) is 11.8. The van der Waals surface area contributed by atoms with E-state index < -0.39 is 0 Å². The summed E-state index contributed by atoms with van der Waals surface area (Å²) in [6.45, 7) is 1.85. The standard InChI is InChI=1S/C12H16BrFN2/c13-6-5-10-3-2-8-16(9-10)12-11(14)4-1-7-15-12/h1,4,7,10H,2-3,5-6,8-9H2. The molecule has 0 saturated carbocycles. The zero-order valence-electron chi connectivity index (χ0n) is 9.20. The van der Waals surface area contributed by atoms with Gasteiger partial charge in [0.2, 0.25) is 0 Å². The van der Waals surface area contributed by atoms with Gasteiger partial charge in [-0.2, -0.15) is 0 Å². The number of hydrogen-bond donors (Lipinski definition) is 0. The molecule has 1 aliphatic heterocycles. The molecule has 88 valence electrons. The highest BCUT2D eigenvalue weighted by molar-refractivity contribution is 9.09. The molecule has 0 bridgehead atoms. The lowest BCUT2D eigenvalue weighted by molar-refractivity contribution is 0.402. The van der Waals surface area contributed by atoms with Crippen molar-refractivity contribution in [2.75, 3.05) is 23.3 Å². The molecular formula is C12H16BrFN2. The van der Waals surface area contributed by atoms with Crippen LogP contribution in [-0.2, 0) is 0 Å². The molecule has 2 nitrogen and oxygen atoms in total. The van der Waals surface area contributed by atoms with Crippen molar-refractivity contribution >= 4 is 21.7 Å². The number of rotatable bonds is 3. The maximum atomic E-state index is 13.6. The summed E-state index contributed by atoms with van der Waals surface area (Å²) in [7, 11) is 0. The van der Waals surface area contributed by atoms with Crippen LogP contribution < -0.4 is 4.90 Å². The number of aromatic nitrogens is 1. The van der Waals surface area contributed by atoms with Gasteiger partial charge in [-0.15, -0.1) is 0 Å². The van der Waals surface area contributed by atoms with E-state index in [0.717, 1.165) is 31.3 Å². The molecular weight excluding hydrogens is 271 g/mol. The molecule has 16 heavy (non-hydrogen) atoms. The fourth-order valence-electron chi connectivity index (χ4n) is 2.26. The van der Waals surface area contributed by atoms with Crippen LogP contribution in [0.1, 0.15) is 19.3 Å². The zero-order valence-corrected chi connectivity index (χ0v) is 10.8. The van der Waals surface area contributed by atoms with Gasteiger partial charge in [-0.3, -0.25) is 0 Å². The third kappa shape index (κ3) is 2.73. The lowest BCUT2D eigenvalue weighted by atomic mass is 9.96. The molecule has 2 rings (SSSR count). The average molecular weight is 287 g/mol. The molecule has 1 saturated heterocycles. The number of pyridine rings is 1. The summed E-state index contributed by atoms with van der Waals surface area (Å²) in [6, 6.07) is 3.12. The topological polar surface area (TPSA) is 16.1 Å². The van der Waals surface area contributed by atoms with E-state index >= 15 is 0 Å². The SMILES string of the molecule is Fc1cccnc1N1CCCC(CCBr)C1. The molecule has 0 amide bonds. The van der Waals surface area contributed by atoms with Gasteiger partial charge in [0, 0.05) is 24.6 Å². The predicted octanol–water partition coefficient (Wildman–Crippen LogP) is 3.22. The summed E-state index contributed by atoms with van der Waals surface area (Å²) in [6.07, 6.45) is 5.20. The van der Waals surface area contributed by atoms with Crippen LogP contribution in [0.25, 0.3) is 0 Å². The maximum Gasteiger partial charge on any atom is 0.165 e. The van der Waals surface area contributed by atoms with E-state index in [1.165, 1.54) is 12.5 Å². The maximum absolute atomic E-state index is 13.6. The number of hydrogen-bond acceptors (Lipinski definition) is 2. The van der Waals surface area contributed by atoms with Crippen LogP contribution in [0.5, 0.6) is 0 Å². The Balaban J connectivity index is 2.07. The zero-order chi connectivity index (χ0) is 11.4. The van der Waals surface area contributed by atoms with E-state index in [4.69, 9.17) is 0 Å². The second kappa shape index (κ2) is 5.62. The molecule has 0 aliphatic carbocycles. The molecule has 0 radical (unpaired) electrons. The predicted molar refractivity (Wildman–Crippen MR) is 67.5 cm³/mol. The minimum absolute atomic E-state index is 0.206. The van der Waals surface area contributed by atoms with Crippen LogP contribution in [0.15, 0.2) is 18.3 Å². The largest absolute Gasteiger partial charge is 0.354 e. The molecule has 1 aliphatic rings. The number of alkyl halides is 1. The number of anilines is 1. The highest BCUT2D eigenvalue weighted by atomic mass is 79.9. The third-order valence-electron chi connectivity index (χ3n) is 3.07. The molecule has 1 aromatic rings. The Hall–Kier alpha value is -0.640. The lowest BCUT2D eigenvalue weighted by Crippen LogP contribution is -2.36. The van der Waals surface area contributed by atoms with E-state index in [0.29, 0.717) is 11.7 Å².